The molecule has 36 heavy (non-hydrogen) atoms. The maximum absolute atomic E-state index is 13.3. The highest BCUT2D eigenvalue weighted by Gasteiger charge is 2.27. The van der Waals surface area contributed by atoms with Crippen molar-refractivity contribution in [2.75, 3.05) is 13.1 Å². The van der Waals surface area contributed by atoms with Crippen molar-refractivity contribution in [3.63, 3.8) is 0 Å². The van der Waals surface area contributed by atoms with E-state index >= 15 is 0 Å². The Hall–Kier alpha value is -4.41. The highest BCUT2D eigenvalue weighted by Crippen LogP contribution is 2.27. The van der Waals surface area contributed by atoms with E-state index in [0.717, 1.165) is 15.7 Å². The van der Waals surface area contributed by atoms with Gasteiger partial charge in [-0.15, -0.1) is 0 Å². The molecule has 1 saturated heterocycles. The molecule has 0 saturated carbocycles. The number of rotatable bonds is 6. The van der Waals surface area contributed by atoms with Crippen molar-refractivity contribution in [2.45, 2.75) is 25.2 Å². The molecular weight excluding hydrogens is 467 g/mol. The van der Waals surface area contributed by atoms with Crippen LogP contribution in [0.2, 0.25) is 0 Å². The van der Waals surface area contributed by atoms with E-state index in [1.165, 1.54) is 36.9 Å². The van der Waals surface area contributed by atoms with Gasteiger partial charge in [0.25, 0.3) is 5.56 Å². The molecule has 1 atom stereocenters. The molecule has 2 aromatic heterocycles. The predicted molar refractivity (Wildman–Crippen MR) is 127 cm³/mol. The zero-order valence-electron chi connectivity index (χ0n) is 19.5. The first-order chi connectivity index (χ1) is 17.4. The highest BCUT2D eigenvalue weighted by atomic mass is 19.1. The number of aryl methyl sites for hydroxylation is 1. The molecular formula is C25H23FN6O4. The lowest BCUT2D eigenvalue weighted by atomic mass is 9.99. The van der Waals surface area contributed by atoms with E-state index in [1.807, 2.05) is 23.1 Å². The highest BCUT2D eigenvalue weighted by molar-refractivity contribution is 5.76. The molecule has 0 bridgehead atoms. The smallest absolute Gasteiger partial charge is 0.342 e. The van der Waals surface area contributed by atoms with E-state index in [1.54, 1.807) is 0 Å². The number of hydrogen-bond acceptors (Lipinski definition) is 7. The first-order valence-electron chi connectivity index (χ1n) is 11.5. The minimum Gasteiger partial charge on any atom is -0.342 e. The molecule has 4 aromatic rings. The summed E-state index contributed by atoms with van der Waals surface area (Å²) in [5, 5.41) is 7.93. The molecule has 5 rings (SSSR count). The van der Waals surface area contributed by atoms with Crippen LogP contribution in [0.4, 0.5) is 4.39 Å². The van der Waals surface area contributed by atoms with Gasteiger partial charge >= 0.3 is 5.69 Å². The molecule has 0 unspecified atom stereocenters. The average molecular weight is 490 g/mol. The Morgan fingerprint density at radius 3 is 2.61 bits per heavy atom. The van der Waals surface area contributed by atoms with E-state index in [4.69, 9.17) is 4.52 Å². The zero-order valence-corrected chi connectivity index (χ0v) is 19.5. The summed E-state index contributed by atoms with van der Waals surface area (Å²) < 4.78 is 20.4. The maximum Gasteiger partial charge on any atom is 0.351 e. The predicted octanol–water partition coefficient (Wildman–Crippen LogP) is 2.07. The SMILES string of the molecule is Cn1c(=O)c(-c2noc(CCC(=O)N3CC[C@@H](c4ccccc4)C3)n2)nn(-c2ccc(F)cc2)c1=O. The lowest BCUT2D eigenvalue weighted by Crippen LogP contribution is -2.40. The second-order valence-electron chi connectivity index (χ2n) is 8.63. The normalized spacial score (nSPS) is 15.4. The molecule has 11 heteroatoms. The van der Waals surface area contributed by atoms with Crippen LogP contribution >= 0.6 is 0 Å². The van der Waals surface area contributed by atoms with Crippen LogP contribution in [0.15, 0.2) is 68.7 Å². The van der Waals surface area contributed by atoms with Crippen LogP contribution in [-0.2, 0) is 18.3 Å². The Morgan fingerprint density at radius 2 is 1.86 bits per heavy atom. The second-order valence-corrected chi connectivity index (χ2v) is 8.63. The van der Waals surface area contributed by atoms with E-state index in [-0.39, 0.29) is 41.8 Å². The molecule has 184 valence electrons. The van der Waals surface area contributed by atoms with Crippen LogP contribution in [0, 0.1) is 5.82 Å². The van der Waals surface area contributed by atoms with Crippen molar-refractivity contribution in [1.82, 2.24) is 29.4 Å². The Balaban J connectivity index is 1.29. The Morgan fingerprint density at radius 1 is 1.11 bits per heavy atom. The summed E-state index contributed by atoms with van der Waals surface area (Å²) in [5.74, 6) is -0.0743. The van der Waals surface area contributed by atoms with Gasteiger partial charge in [0.05, 0.1) is 5.69 Å². The zero-order chi connectivity index (χ0) is 25.2. The van der Waals surface area contributed by atoms with E-state index < -0.39 is 17.1 Å². The van der Waals surface area contributed by atoms with Crippen molar-refractivity contribution < 1.29 is 13.7 Å². The Labute approximate surface area is 204 Å². The molecule has 2 aromatic carbocycles. The number of hydrogen-bond donors (Lipinski definition) is 0. The number of aromatic nitrogens is 5. The van der Waals surface area contributed by atoms with E-state index in [9.17, 15) is 18.8 Å². The van der Waals surface area contributed by atoms with Crippen LogP contribution in [0.3, 0.4) is 0 Å². The van der Waals surface area contributed by atoms with Gasteiger partial charge in [-0.2, -0.15) is 14.8 Å². The van der Waals surface area contributed by atoms with E-state index in [0.29, 0.717) is 19.0 Å². The number of benzene rings is 2. The van der Waals surface area contributed by atoms with Gasteiger partial charge in [-0.25, -0.2) is 9.18 Å². The molecule has 3 heterocycles. The molecule has 1 aliphatic heterocycles. The largest absolute Gasteiger partial charge is 0.351 e. The van der Waals surface area contributed by atoms with Crippen molar-refractivity contribution in [1.29, 1.82) is 0 Å². The van der Waals surface area contributed by atoms with Gasteiger partial charge in [0.2, 0.25) is 17.6 Å². The lowest BCUT2D eigenvalue weighted by molar-refractivity contribution is -0.130. The number of nitrogens with zero attached hydrogens (tertiary/aromatic N) is 6. The van der Waals surface area contributed by atoms with Gasteiger partial charge in [0, 0.05) is 38.9 Å². The Bertz CT molecular complexity index is 1510. The quantitative estimate of drug-likeness (QED) is 0.406. The van der Waals surface area contributed by atoms with Crippen molar-refractivity contribution in [2.24, 2.45) is 7.05 Å². The molecule has 0 aliphatic carbocycles. The minimum atomic E-state index is -0.705. The fraction of sp³-hybridized carbons (Fsp3) is 0.280. The summed E-state index contributed by atoms with van der Waals surface area (Å²) in [6, 6.07) is 15.2. The summed E-state index contributed by atoms with van der Waals surface area (Å²) in [5.41, 5.74) is -0.111. The van der Waals surface area contributed by atoms with Crippen LogP contribution < -0.4 is 11.2 Å². The van der Waals surface area contributed by atoms with Crippen LogP contribution in [0.1, 0.15) is 30.2 Å². The third kappa shape index (κ3) is 4.59. The van der Waals surface area contributed by atoms with Crippen molar-refractivity contribution >= 4 is 5.91 Å². The van der Waals surface area contributed by atoms with Crippen LogP contribution in [0.25, 0.3) is 17.2 Å². The van der Waals surface area contributed by atoms with Crippen LogP contribution in [0.5, 0.6) is 0 Å². The molecule has 1 aliphatic rings. The Kier molecular flexibility index (Phi) is 6.28. The summed E-state index contributed by atoms with van der Waals surface area (Å²) >= 11 is 0. The third-order valence-corrected chi connectivity index (χ3v) is 6.29. The van der Waals surface area contributed by atoms with Crippen LogP contribution in [-0.4, -0.2) is 48.4 Å². The lowest BCUT2D eigenvalue weighted by Gasteiger charge is -2.16. The monoisotopic (exact) mass is 490 g/mol. The molecule has 0 N–H and O–H groups in total. The average Bonchev–Trinajstić information content (AvgIpc) is 3.58. The van der Waals surface area contributed by atoms with E-state index in [2.05, 4.69) is 27.4 Å². The number of halogens is 1. The van der Waals surface area contributed by atoms with Gasteiger partial charge < -0.3 is 9.42 Å². The maximum atomic E-state index is 13.3. The fourth-order valence-corrected chi connectivity index (χ4v) is 4.27. The molecule has 1 fully saturated rings. The van der Waals surface area contributed by atoms with Crippen molar-refractivity contribution in [3.8, 4) is 17.2 Å². The molecule has 0 radical (unpaired) electrons. The van der Waals surface area contributed by atoms with Gasteiger partial charge in [-0.05, 0) is 36.2 Å². The van der Waals surface area contributed by atoms with Crippen molar-refractivity contribution in [3.05, 3.63) is 92.7 Å². The summed E-state index contributed by atoms with van der Waals surface area (Å²) in [6.07, 6.45) is 1.30. The topological polar surface area (TPSA) is 116 Å². The van der Waals surface area contributed by atoms with Gasteiger partial charge in [-0.1, -0.05) is 35.5 Å². The summed E-state index contributed by atoms with van der Waals surface area (Å²) in [6.45, 7) is 1.36. The first-order valence-corrected chi connectivity index (χ1v) is 11.5. The fourth-order valence-electron chi connectivity index (χ4n) is 4.27. The molecule has 0 spiro atoms. The number of carbonyl (C=O) groups is 1. The second kappa shape index (κ2) is 9.68. The third-order valence-electron chi connectivity index (χ3n) is 6.29. The minimum absolute atomic E-state index is 0.00733. The molecule has 1 amide bonds. The number of carbonyl (C=O) groups excluding carboxylic acids is 1. The van der Waals surface area contributed by atoms with Gasteiger partial charge in [-0.3, -0.25) is 14.2 Å². The first kappa shape index (κ1) is 23.3. The summed E-state index contributed by atoms with van der Waals surface area (Å²) in [4.78, 5) is 44.0. The van der Waals surface area contributed by atoms with Gasteiger partial charge in [0.15, 0.2) is 5.69 Å². The number of amides is 1. The summed E-state index contributed by atoms with van der Waals surface area (Å²) in [7, 11) is 1.30. The standard InChI is InChI=1S/C25H23FN6O4/c1-30-24(34)22(28-32(25(30)35)19-9-7-18(26)8-10-19)23-27-20(36-29-23)11-12-21(33)31-14-13-17(15-31)16-5-3-2-4-6-16/h2-10,17H,11-15H2,1H3/t17-/m1/s1. The number of likely N-dealkylation sites (tertiary alicyclic amines) is 1. The molecule has 10 nitrogen and oxygen atoms in total. The van der Waals surface area contributed by atoms with Gasteiger partial charge in [0.1, 0.15) is 5.82 Å².